The van der Waals surface area contributed by atoms with Gasteiger partial charge in [0.05, 0.1) is 18.3 Å². The van der Waals surface area contributed by atoms with E-state index in [-0.39, 0.29) is 18.3 Å². The lowest BCUT2D eigenvalue weighted by Gasteiger charge is -2.32. The molecule has 4 nitrogen and oxygen atoms in total. The number of aliphatic hydroxyl groups excluding tert-OH is 1. The smallest absolute Gasteiger partial charge is 0.104 e. The van der Waals surface area contributed by atoms with Crippen LogP contribution < -0.4 is 0 Å². The highest BCUT2D eigenvalue weighted by molar-refractivity contribution is 5.08. The van der Waals surface area contributed by atoms with Gasteiger partial charge in [-0.05, 0) is 31.3 Å². The maximum atomic E-state index is 10.0. The van der Waals surface area contributed by atoms with E-state index in [0.29, 0.717) is 13.0 Å². The predicted molar refractivity (Wildman–Crippen MR) is 79.9 cm³/mol. The highest BCUT2D eigenvalue weighted by atomic mass is 16.5. The average Bonchev–Trinajstić information content (AvgIpc) is 2.46. The minimum Gasteiger partial charge on any atom is -0.390 e. The Labute approximate surface area is 123 Å². The summed E-state index contributed by atoms with van der Waals surface area (Å²) in [7, 11) is 3.43. The number of hydrogen-bond acceptors (Lipinski definition) is 4. The van der Waals surface area contributed by atoms with Gasteiger partial charge in [-0.15, -0.1) is 0 Å². The van der Waals surface area contributed by atoms with Crippen LogP contribution in [0.15, 0.2) is 12.2 Å². The molecule has 118 valence electrons. The molecule has 0 unspecified atom stereocenters. The third kappa shape index (κ3) is 5.17. The molecule has 1 N–H and O–H groups in total. The maximum absolute atomic E-state index is 10.0. The molecule has 0 bridgehead atoms. The first-order valence-corrected chi connectivity index (χ1v) is 7.66. The van der Waals surface area contributed by atoms with Gasteiger partial charge in [0.25, 0.3) is 0 Å². The third-order valence-corrected chi connectivity index (χ3v) is 4.02. The highest BCUT2D eigenvalue weighted by Gasteiger charge is 2.30. The lowest BCUT2D eigenvalue weighted by atomic mass is 9.93. The van der Waals surface area contributed by atoms with Crippen LogP contribution in [0.3, 0.4) is 0 Å². The fourth-order valence-electron chi connectivity index (χ4n) is 2.76. The molecule has 4 atom stereocenters. The highest BCUT2D eigenvalue weighted by Crippen LogP contribution is 2.25. The van der Waals surface area contributed by atoms with Crippen LogP contribution in [0.25, 0.3) is 0 Å². The van der Waals surface area contributed by atoms with Crippen molar-refractivity contribution in [1.29, 1.82) is 0 Å². The summed E-state index contributed by atoms with van der Waals surface area (Å²) in [5, 5.41) is 10.0. The van der Waals surface area contributed by atoms with Crippen LogP contribution in [-0.4, -0.2) is 50.3 Å². The van der Waals surface area contributed by atoms with Crippen LogP contribution in [0.2, 0.25) is 0 Å². The van der Waals surface area contributed by atoms with E-state index in [1.165, 1.54) is 0 Å². The molecule has 0 aromatic rings. The standard InChI is InChI=1S/C16H30O4/c1-5-6-9-14(18-3)15(19-4)11-12(2)16-13(17)8-7-10-20-16/h13-17H,2,5-11H2,1,3-4H3/t13-,14-,15-,16+/m1/s1. The molecular weight excluding hydrogens is 256 g/mol. The number of unbranched alkanes of at least 4 members (excludes halogenated alkanes) is 1. The van der Waals surface area contributed by atoms with Crippen LogP contribution >= 0.6 is 0 Å². The molecule has 1 heterocycles. The van der Waals surface area contributed by atoms with Crippen molar-refractivity contribution in [3.8, 4) is 0 Å². The van der Waals surface area contributed by atoms with Crippen molar-refractivity contribution < 1.29 is 19.3 Å². The maximum Gasteiger partial charge on any atom is 0.104 e. The van der Waals surface area contributed by atoms with E-state index in [9.17, 15) is 5.11 Å². The zero-order valence-electron chi connectivity index (χ0n) is 13.1. The Balaban J connectivity index is 2.54. The van der Waals surface area contributed by atoms with Gasteiger partial charge in [-0.25, -0.2) is 0 Å². The molecule has 4 heteroatoms. The fourth-order valence-corrected chi connectivity index (χ4v) is 2.76. The van der Waals surface area contributed by atoms with Crippen LogP contribution in [0.5, 0.6) is 0 Å². The van der Waals surface area contributed by atoms with Crippen LogP contribution in [0.4, 0.5) is 0 Å². The van der Waals surface area contributed by atoms with Crippen molar-refractivity contribution >= 4 is 0 Å². The van der Waals surface area contributed by atoms with Gasteiger partial charge in [-0.2, -0.15) is 0 Å². The first-order valence-electron chi connectivity index (χ1n) is 7.66. The fraction of sp³-hybridized carbons (Fsp3) is 0.875. The molecular formula is C16H30O4. The second-order valence-electron chi connectivity index (χ2n) is 5.55. The Bertz CT molecular complexity index is 280. The van der Waals surface area contributed by atoms with Crippen molar-refractivity contribution in [2.45, 2.75) is 69.9 Å². The zero-order chi connectivity index (χ0) is 15.0. The molecule has 0 spiro atoms. The Morgan fingerprint density at radius 3 is 2.60 bits per heavy atom. The third-order valence-electron chi connectivity index (χ3n) is 4.02. The molecule has 0 radical (unpaired) electrons. The SMILES string of the molecule is C=C(C[C@@H](OC)[C@@H](CCCC)OC)[C@@H]1OCCC[C@H]1O. The first-order chi connectivity index (χ1) is 9.63. The van der Waals surface area contributed by atoms with E-state index >= 15 is 0 Å². The van der Waals surface area contributed by atoms with Crippen LogP contribution in [0.1, 0.15) is 45.4 Å². The second kappa shape index (κ2) is 9.50. The van der Waals surface area contributed by atoms with Crippen molar-refractivity contribution in [3.63, 3.8) is 0 Å². The second-order valence-corrected chi connectivity index (χ2v) is 5.55. The van der Waals surface area contributed by atoms with Gasteiger partial charge in [0.15, 0.2) is 0 Å². The molecule has 0 aliphatic carbocycles. The van der Waals surface area contributed by atoms with Gasteiger partial charge in [-0.3, -0.25) is 0 Å². The molecule has 1 saturated heterocycles. The lowest BCUT2D eigenvalue weighted by Crippen LogP contribution is -2.38. The van der Waals surface area contributed by atoms with Gasteiger partial charge >= 0.3 is 0 Å². The summed E-state index contributed by atoms with van der Waals surface area (Å²) in [4.78, 5) is 0. The van der Waals surface area contributed by atoms with Gasteiger partial charge in [0.2, 0.25) is 0 Å². The summed E-state index contributed by atoms with van der Waals surface area (Å²) < 4.78 is 16.8. The molecule has 0 amide bonds. The van der Waals surface area contributed by atoms with E-state index in [4.69, 9.17) is 14.2 Å². The quantitative estimate of drug-likeness (QED) is 0.662. The van der Waals surface area contributed by atoms with Gasteiger partial charge < -0.3 is 19.3 Å². The summed E-state index contributed by atoms with van der Waals surface area (Å²) in [6, 6.07) is 0. The van der Waals surface area contributed by atoms with Gasteiger partial charge in [-0.1, -0.05) is 26.3 Å². The molecule has 1 rings (SSSR count). The monoisotopic (exact) mass is 286 g/mol. The van der Waals surface area contributed by atoms with E-state index < -0.39 is 6.10 Å². The van der Waals surface area contributed by atoms with Crippen LogP contribution in [0, 0.1) is 0 Å². The Hall–Kier alpha value is -0.420. The van der Waals surface area contributed by atoms with Crippen molar-refractivity contribution in [2.75, 3.05) is 20.8 Å². The minimum absolute atomic E-state index is 0.0308. The Kier molecular flexibility index (Phi) is 8.38. The van der Waals surface area contributed by atoms with E-state index in [1.54, 1.807) is 14.2 Å². The Morgan fingerprint density at radius 1 is 1.35 bits per heavy atom. The first kappa shape index (κ1) is 17.6. The van der Waals surface area contributed by atoms with Crippen molar-refractivity contribution in [1.82, 2.24) is 0 Å². The average molecular weight is 286 g/mol. The lowest BCUT2D eigenvalue weighted by molar-refractivity contribution is -0.0680. The number of ether oxygens (including phenoxy) is 3. The van der Waals surface area contributed by atoms with Crippen molar-refractivity contribution in [2.24, 2.45) is 0 Å². The molecule has 0 aromatic heterocycles. The van der Waals surface area contributed by atoms with E-state index in [1.807, 2.05) is 0 Å². The molecule has 0 aromatic carbocycles. The number of aliphatic hydroxyl groups is 1. The van der Waals surface area contributed by atoms with Crippen molar-refractivity contribution in [3.05, 3.63) is 12.2 Å². The minimum atomic E-state index is -0.439. The van der Waals surface area contributed by atoms with Crippen LogP contribution in [-0.2, 0) is 14.2 Å². The summed E-state index contributed by atoms with van der Waals surface area (Å²) in [6.45, 7) is 6.96. The molecule has 1 fully saturated rings. The van der Waals surface area contributed by atoms with Gasteiger partial charge in [0.1, 0.15) is 6.10 Å². The zero-order valence-corrected chi connectivity index (χ0v) is 13.1. The number of methoxy groups -OCH3 is 2. The van der Waals surface area contributed by atoms with E-state index in [0.717, 1.165) is 37.7 Å². The number of rotatable bonds is 9. The summed E-state index contributed by atoms with van der Waals surface area (Å²) in [5.41, 5.74) is 0.905. The molecule has 20 heavy (non-hydrogen) atoms. The van der Waals surface area contributed by atoms with E-state index in [2.05, 4.69) is 13.5 Å². The molecule has 0 saturated carbocycles. The predicted octanol–water partition coefficient (Wildman–Crippen LogP) is 2.69. The summed E-state index contributed by atoms with van der Waals surface area (Å²) in [6.07, 6.45) is 4.94. The molecule has 1 aliphatic heterocycles. The number of hydrogen-bond donors (Lipinski definition) is 1. The summed E-state index contributed by atoms with van der Waals surface area (Å²) in [5.74, 6) is 0. The topological polar surface area (TPSA) is 47.9 Å². The normalized spacial score (nSPS) is 26.2. The largest absolute Gasteiger partial charge is 0.390 e. The van der Waals surface area contributed by atoms with Gasteiger partial charge in [0, 0.05) is 20.8 Å². The summed E-state index contributed by atoms with van der Waals surface area (Å²) >= 11 is 0. The molecule has 1 aliphatic rings. The Morgan fingerprint density at radius 2 is 2.05 bits per heavy atom.